The summed E-state index contributed by atoms with van der Waals surface area (Å²) in [5, 5.41) is 10.7. The van der Waals surface area contributed by atoms with E-state index in [4.69, 9.17) is 46.1 Å². The summed E-state index contributed by atoms with van der Waals surface area (Å²) in [6.45, 7) is 1.41. The lowest BCUT2D eigenvalue weighted by Gasteiger charge is -2.42. The second-order valence-electron chi connectivity index (χ2n) is 8.19. The van der Waals surface area contributed by atoms with Gasteiger partial charge in [-0.2, -0.15) is 0 Å². The van der Waals surface area contributed by atoms with Crippen LogP contribution in [0.15, 0.2) is 58.5 Å². The van der Waals surface area contributed by atoms with Gasteiger partial charge in [0.25, 0.3) is 0 Å². The molecular formula is C24H38Cl2N10. The number of unbranched alkanes of at least 4 members (excludes halogenated alkanes) is 3. The van der Waals surface area contributed by atoms with Crippen molar-refractivity contribution in [1.82, 2.24) is 16.0 Å². The van der Waals surface area contributed by atoms with Crippen LogP contribution in [0, 0.1) is 0 Å². The molecule has 0 aliphatic heterocycles. The van der Waals surface area contributed by atoms with Crippen LogP contribution in [0.25, 0.3) is 0 Å². The maximum absolute atomic E-state index is 7.03. The Morgan fingerprint density at radius 1 is 0.889 bits per heavy atom. The van der Waals surface area contributed by atoms with E-state index < -0.39 is 12.1 Å². The molecule has 0 saturated carbocycles. The molecule has 10 nitrogen and oxygen atoms in total. The third-order valence-corrected chi connectivity index (χ3v) is 6.09. The van der Waals surface area contributed by atoms with E-state index in [1.165, 1.54) is 0 Å². The molecule has 2 atom stereocenters. The normalized spacial score (nSPS) is 14.8. The molecule has 198 valence electrons. The first kappa shape index (κ1) is 29.6. The molecular weight excluding hydrogens is 499 g/mol. The molecule has 0 bridgehead atoms. The molecule has 2 rings (SSSR count). The average Bonchev–Trinajstić information content (AvgIpc) is 2.87. The summed E-state index contributed by atoms with van der Waals surface area (Å²) in [5.74, 6) is -0.622. The van der Waals surface area contributed by atoms with Gasteiger partial charge in [-0.3, -0.25) is 37.0 Å². The monoisotopic (exact) mass is 536 g/mol. The lowest BCUT2D eigenvalue weighted by atomic mass is 10.0. The van der Waals surface area contributed by atoms with Gasteiger partial charge in [-0.25, -0.2) is 0 Å². The zero-order valence-electron chi connectivity index (χ0n) is 20.8. The van der Waals surface area contributed by atoms with Gasteiger partial charge in [-0.15, -0.1) is 0 Å². The van der Waals surface area contributed by atoms with E-state index in [1.807, 2.05) is 24.3 Å². The fourth-order valence-corrected chi connectivity index (χ4v) is 3.89. The Morgan fingerprint density at radius 2 is 1.44 bits per heavy atom. The van der Waals surface area contributed by atoms with E-state index >= 15 is 0 Å². The van der Waals surface area contributed by atoms with Gasteiger partial charge >= 0.3 is 0 Å². The molecule has 2 unspecified atom stereocenters. The standard InChI is InChI=1S/C24H38Cl2N10/c1-31-21(27)35-22(28)33-15-5-3-4-6-16-34-24(30,17-7-9-18(25)10-8-17)36(23(29)32-2)20-13-11-19(26)12-14-20/h7-14,22,33-34H,3-6,15-16,28,30H2,1-2H3,(H2,29,32)(H3,27,31,35). The van der Waals surface area contributed by atoms with Gasteiger partial charge in [0, 0.05) is 35.4 Å². The molecule has 0 radical (unpaired) electrons. The fraction of sp³-hybridized carbons (Fsp3) is 0.417. The van der Waals surface area contributed by atoms with Gasteiger partial charge in [-0.05, 0) is 62.3 Å². The number of nitrogens with one attached hydrogen (secondary N) is 3. The van der Waals surface area contributed by atoms with Crippen molar-refractivity contribution in [2.45, 2.75) is 37.8 Å². The summed E-state index contributed by atoms with van der Waals surface area (Å²) in [7, 11) is 3.23. The number of anilines is 1. The van der Waals surface area contributed by atoms with Gasteiger partial charge < -0.3 is 16.8 Å². The molecule has 2 aromatic carbocycles. The molecule has 36 heavy (non-hydrogen) atoms. The summed E-state index contributed by atoms with van der Waals surface area (Å²) in [6.07, 6.45) is 3.47. The molecule has 12 heteroatoms. The van der Waals surface area contributed by atoms with Crippen molar-refractivity contribution < 1.29 is 0 Å². The number of nitrogens with two attached hydrogens (primary N) is 4. The van der Waals surface area contributed by atoms with Crippen LogP contribution in [0.5, 0.6) is 0 Å². The van der Waals surface area contributed by atoms with Crippen molar-refractivity contribution in [3.05, 3.63) is 64.1 Å². The van der Waals surface area contributed by atoms with Crippen LogP contribution in [0.2, 0.25) is 10.0 Å². The van der Waals surface area contributed by atoms with Gasteiger partial charge in [-0.1, -0.05) is 48.2 Å². The largest absolute Gasteiger partial charge is 0.370 e. The van der Waals surface area contributed by atoms with Crippen LogP contribution < -0.4 is 43.8 Å². The Bertz CT molecular complexity index is 981. The first-order valence-corrected chi connectivity index (χ1v) is 12.5. The van der Waals surface area contributed by atoms with Crippen LogP contribution in [0.1, 0.15) is 31.2 Å². The third kappa shape index (κ3) is 8.81. The van der Waals surface area contributed by atoms with E-state index in [0.717, 1.165) is 43.5 Å². The number of aliphatic imine (C=N–C) groups is 2. The molecule has 0 saturated heterocycles. The Hall–Kier alpha value is -2.60. The van der Waals surface area contributed by atoms with Crippen LogP contribution >= 0.6 is 23.2 Å². The van der Waals surface area contributed by atoms with E-state index in [-0.39, 0.29) is 5.96 Å². The first-order valence-electron chi connectivity index (χ1n) is 11.8. The summed E-state index contributed by atoms with van der Waals surface area (Å²) in [6, 6.07) is 14.6. The van der Waals surface area contributed by atoms with Crippen LogP contribution in [0.3, 0.4) is 0 Å². The lowest BCUT2D eigenvalue weighted by molar-refractivity contribution is 0.350. The maximum Gasteiger partial charge on any atom is 0.198 e. The van der Waals surface area contributed by atoms with E-state index in [1.54, 1.807) is 43.3 Å². The minimum atomic E-state index is -1.18. The topological polar surface area (TPSA) is 168 Å². The predicted octanol–water partition coefficient (Wildman–Crippen LogP) is 2.03. The highest BCUT2D eigenvalue weighted by Gasteiger charge is 2.37. The molecule has 0 heterocycles. The summed E-state index contributed by atoms with van der Waals surface area (Å²) in [5.41, 5.74) is 26.4. The van der Waals surface area contributed by atoms with Gasteiger partial charge in [0.15, 0.2) is 17.7 Å². The maximum atomic E-state index is 7.03. The summed E-state index contributed by atoms with van der Waals surface area (Å²) >= 11 is 12.2. The van der Waals surface area contributed by atoms with Crippen LogP contribution in [0.4, 0.5) is 5.69 Å². The second-order valence-corrected chi connectivity index (χ2v) is 9.07. The van der Waals surface area contributed by atoms with Crippen molar-refractivity contribution in [2.24, 2.45) is 32.9 Å². The number of guanidine groups is 2. The zero-order chi connectivity index (χ0) is 26.6. The smallest absolute Gasteiger partial charge is 0.198 e. The first-order chi connectivity index (χ1) is 17.2. The molecule has 11 N–H and O–H groups in total. The Labute approximate surface area is 223 Å². The minimum Gasteiger partial charge on any atom is -0.370 e. The molecule has 0 aromatic heterocycles. The average molecular weight is 538 g/mol. The van der Waals surface area contributed by atoms with E-state index in [2.05, 4.69) is 25.9 Å². The molecule has 0 spiro atoms. The molecule has 0 fully saturated rings. The second kappa shape index (κ2) is 14.8. The number of benzene rings is 2. The molecule has 0 amide bonds. The predicted molar refractivity (Wildman–Crippen MR) is 152 cm³/mol. The highest BCUT2D eigenvalue weighted by molar-refractivity contribution is 6.30. The molecule has 2 aromatic rings. The highest BCUT2D eigenvalue weighted by Crippen LogP contribution is 2.29. The zero-order valence-corrected chi connectivity index (χ0v) is 22.4. The number of hydrogen-bond donors (Lipinski definition) is 7. The SMILES string of the molecule is CN=C(N)NC(N)NCCCCCCNC(N)(c1ccc(Cl)cc1)N(C(N)=NC)c1ccc(Cl)cc1. The highest BCUT2D eigenvalue weighted by atomic mass is 35.5. The van der Waals surface area contributed by atoms with Crippen molar-refractivity contribution in [2.75, 3.05) is 32.1 Å². The fourth-order valence-electron chi connectivity index (χ4n) is 3.64. The van der Waals surface area contributed by atoms with Gasteiger partial charge in [0.05, 0.1) is 0 Å². The number of rotatable bonds is 13. The Kier molecular flexibility index (Phi) is 12.2. The lowest BCUT2D eigenvalue weighted by Crippen LogP contribution is -2.66. The summed E-state index contributed by atoms with van der Waals surface area (Å²) in [4.78, 5) is 9.80. The van der Waals surface area contributed by atoms with Gasteiger partial charge in [0.2, 0.25) is 0 Å². The number of nitrogens with zero attached hydrogens (tertiary/aromatic N) is 3. The van der Waals surface area contributed by atoms with Crippen molar-refractivity contribution >= 4 is 40.8 Å². The summed E-state index contributed by atoms with van der Waals surface area (Å²) < 4.78 is 0. The Morgan fingerprint density at radius 3 is 2.00 bits per heavy atom. The van der Waals surface area contributed by atoms with E-state index in [0.29, 0.717) is 22.5 Å². The van der Waals surface area contributed by atoms with Crippen molar-refractivity contribution in [3.63, 3.8) is 0 Å². The van der Waals surface area contributed by atoms with Crippen LogP contribution in [-0.4, -0.2) is 45.4 Å². The minimum absolute atomic E-state index is 0.257. The van der Waals surface area contributed by atoms with Crippen molar-refractivity contribution in [1.29, 1.82) is 0 Å². The van der Waals surface area contributed by atoms with Crippen molar-refractivity contribution in [3.8, 4) is 0 Å². The van der Waals surface area contributed by atoms with Gasteiger partial charge in [0.1, 0.15) is 6.29 Å². The van der Waals surface area contributed by atoms with Crippen LogP contribution in [-0.2, 0) is 5.79 Å². The molecule has 0 aliphatic carbocycles. The number of halogens is 2. The third-order valence-electron chi connectivity index (χ3n) is 5.59. The quantitative estimate of drug-likeness (QED) is 0.0882. The molecule has 0 aliphatic rings. The van der Waals surface area contributed by atoms with E-state index in [9.17, 15) is 0 Å². The Balaban J connectivity index is 2.03. The number of hydrogen-bond acceptors (Lipinski definition) is 6.